The van der Waals surface area contributed by atoms with Gasteiger partial charge < -0.3 is 14.6 Å². The average molecular weight is 365 g/mol. The second-order valence-electron chi connectivity index (χ2n) is 6.06. The van der Waals surface area contributed by atoms with Crippen LogP contribution < -0.4 is 11.2 Å². The molecule has 0 aromatic carbocycles. The Bertz CT molecular complexity index is 916. The Kier molecular flexibility index (Phi) is 5.00. The van der Waals surface area contributed by atoms with E-state index < -0.39 is 29.6 Å². The third kappa shape index (κ3) is 3.58. The smallest absolute Gasteiger partial charge is 0.330 e. The van der Waals surface area contributed by atoms with Crippen LogP contribution in [0.15, 0.2) is 22.0 Å². The summed E-state index contributed by atoms with van der Waals surface area (Å²) < 4.78 is 13.8. The van der Waals surface area contributed by atoms with Crippen LogP contribution in [0.1, 0.15) is 36.9 Å². The molecule has 11 heteroatoms. The number of esters is 1. The van der Waals surface area contributed by atoms with Gasteiger partial charge in [-0.1, -0.05) is 5.21 Å². The zero-order valence-corrected chi connectivity index (χ0v) is 14.3. The molecule has 0 spiro atoms. The molecule has 2 aromatic heterocycles. The van der Waals surface area contributed by atoms with Crippen LogP contribution >= 0.6 is 0 Å². The minimum absolute atomic E-state index is 0.0259. The van der Waals surface area contributed by atoms with E-state index in [1.54, 1.807) is 13.1 Å². The van der Waals surface area contributed by atoms with E-state index in [4.69, 9.17) is 14.6 Å². The van der Waals surface area contributed by atoms with Gasteiger partial charge in [-0.05, 0) is 6.92 Å². The number of nitrogens with zero attached hydrogens (tertiary/aromatic N) is 4. The number of aryl methyl sites for hydroxylation is 1. The van der Waals surface area contributed by atoms with Gasteiger partial charge in [0, 0.05) is 25.1 Å². The summed E-state index contributed by atoms with van der Waals surface area (Å²) in [6.45, 7) is 2.59. The molecule has 1 aliphatic rings. The van der Waals surface area contributed by atoms with E-state index in [2.05, 4.69) is 15.3 Å². The summed E-state index contributed by atoms with van der Waals surface area (Å²) in [7, 11) is 0. The lowest BCUT2D eigenvalue weighted by atomic mass is 10.1. The third-order valence-corrected chi connectivity index (χ3v) is 4.17. The molecular weight excluding hydrogens is 346 g/mol. The maximum absolute atomic E-state index is 12.1. The number of H-pyrrole nitrogens is 1. The van der Waals surface area contributed by atoms with Crippen LogP contribution in [0.25, 0.3) is 0 Å². The number of aliphatic hydroxyl groups is 1. The van der Waals surface area contributed by atoms with Gasteiger partial charge in [-0.3, -0.25) is 19.1 Å². The minimum atomic E-state index is -0.676. The van der Waals surface area contributed by atoms with Crippen LogP contribution in [0.4, 0.5) is 0 Å². The average Bonchev–Trinajstić information content (AvgIpc) is 3.22. The standard InChI is InChI=1S/C15H19N5O6/c1-8-4-19(15(24)16-14(8)23)13-3-11(12(26-13)7-25-9(2)22)20-5-10(6-21)17-18-20/h4-5,11-13,21H,3,6-7H2,1-2H3,(H,16,23,24)/t11-,12+,13+/m0/s1. The number of carbonyl (C=O) groups excluding carboxylic acids is 1. The third-order valence-electron chi connectivity index (χ3n) is 4.17. The molecule has 0 amide bonds. The monoisotopic (exact) mass is 365 g/mol. The van der Waals surface area contributed by atoms with Gasteiger partial charge in [-0.25, -0.2) is 9.48 Å². The van der Waals surface area contributed by atoms with Crippen LogP contribution in [-0.4, -0.2) is 48.3 Å². The number of aromatic amines is 1. The van der Waals surface area contributed by atoms with Crippen molar-refractivity contribution in [3.63, 3.8) is 0 Å². The van der Waals surface area contributed by atoms with E-state index in [0.717, 1.165) is 0 Å². The van der Waals surface area contributed by atoms with Crippen LogP contribution in [0, 0.1) is 6.92 Å². The first-order valence-electron chi connectivity index (χ1n) is 8.01. The normalized spacial score (nSPS) is 22.5. The number of aliphatic hydroxyl groups excluding tert-OH is 1. The lowest BCUT2D eigenvalue weighted by Crippen LogP contribution is -2.33. The Hall–Kier alpha value is -2.79. The van der Waals surface area contributed by atoms with Crippen LogP contribution in [0.3, 0.4) is 0 Å². The summed E-state index contributed by atoms with van der Waals surface area (Å²) in [5, 5.41) is 17.0. The molecule has 26 heavy (non-hydrogen) atoms. The summed E-state index contributed by atoms with van der Waals surface area (Å²) in [6.07, 6.45) is 2.09. The van der Waals surface area contributed by atoms with Crippen LogP contribution in [0.5, 0.6) is 0 Å². The number of rotatable bonds is 5. The predicted octanol–water partition coefficient (Wildman–Crippen LogP) is -0.979. The summed E-state index contributed by atoms with van der Waals surface area (Å²) in [5.41, 5.74) is -0.290. The molecule has 140 valence electrons. The second kappa shape index (κ2) is 7.22. The van der Waals surface area contributed by atoms with Gasteiger partial charge in [0.25, 0.3) is 5.56 Å². The molecule has 2 N–H and O–H groups in total. The summed E-state index contributed by atoms with van der Waals surface area (Å²) in [5.74, 6) is -0.456. The molecule has 3 rings (SSSR count). The van der Waals surface area contributed by atoms with Crippen molar-refractivity contribution < 1.29 is 19.4 Å². The maximum Gasteiger partial charge on any atom is 0.330 e. The van der Waals surface area contributed by atoms with Gasteiger partial charge >= 0.3 is 11.7 Å². The zero-order chi connectivity index (χ0) is 18.8. The molecule has 1 saturated heterocycles. The van der Waals surface area contributed by atoms with Gasteiger partial charge in [-0.15, -0.1) is 5.10 Å². The molecule has 1 fully saturated rings. The van der Waals surface area contributed by atoms with Crippen molar-refractivity contribution in [2.45, 2.75) is 45.2 Å². The Morgan fingerprint density at radius 1 is 1.46 bits per heavy atom. The molecule has 0 aliphatic carbocycles. The van der Waals surface area contributed by atoms with E-state index >= 15 is 0 Å². The van der Waals surface area contributed by atoms with E-state index in [1.165, 1.54) is 22.4 Å². The van der Waals surface area contributed by atoms with Gasteiger partial charge in [-0.2, -0.15) is 0 Å². The predicted molar refractivity (Wildman–Crippen MR) is 86.2 cm³/mol. The molecule has 3 heterocycles. The number of ether oxygens (including phenoxy) is 2. The fraction of sp³-hybridized carbons (Fsp3) is 0.533. The highest BCUT2D eigenvalue weighted by Crippen LogP contribution is 2.36. The molecule has 0 bridgehead atoms. The summed E-state index contributed by atoms with van der Waals surface area (Å²) in [6, 6.07) is -0.369. The van der Waals surface area contributed by atoms with E-state index in [0.29, 0.717) is 17.7 Å². The number of hydrogen-bond acceptors (Lipinski definition) is 8. The Labute approximate surface area is 147 Å². The SMILES string of the molecule is CC(=O)OC[C@H]1O[C@@H](n2cc(C)c(=O)[nH]c2=O)C[C@@H]1n1cc(CO)nn1. The second-order valence-corrected chi connectivity index (χ2v) is 6.06. The lowest BCUT2D eigenvalue weighted by Gasteiger charge is -2.17. The number of aromatic nitrogens is 5. The van der Waals surface area contributed by atoms with E-state index in [1.807, 2.05) is 0 Å². The van der Waals surface area contributed by atoms with Gasteiger partial charge in [0.2, 0.25) is 0 Å². The topological polar surface area (TPSA) is 141 Å². The molecular formula is C15H19N5O6. The van der Waals surface area contributed by atoms with Gasteiger partial charge in [0.1, 0.15) is 24.6 Å². The van der Waals surface area contributed by atoms with Gasteiger partial charge in [0.15, 0.2) is 0 Å². The highest BCUT2D eigenvalue weighted by Gasteiger charge is 2.39. The fourth-order valence-corrected chi connectivity index (χ4v) is 2.86. The minimum Gasteiger partial charge on any atom is -0.463 e. The van der Waals surface area contributed by atoms with E-state index in [-0.39, 0.29) is 19.3 Å². The van der Waals surface area contributed by atoms with E-state index in [9.17, 15) is 14.4 Å². The molecule has 2 aromatic rings. The zero-order valence-electron chi connectivity index (χ0n) is 14.3. The van der Waals surface area contributed by atoms with Gasteiger partial charge in [0.05, 0.1) is 18.8 Å². The largest absolute Gasteiger partial charge is 0.463 e. The Morgan fingerprint density at radius 2 is 2.23 bits per heavy atom. The molecule has 1 aliphatic heterocycles. The Balaban J connectivity index is 1.90. The molecule has 11 nitrogen and oxygen atoms in total. The maximum atomic E-state index is 12.1. The highest BCUT2D eigenvalue weighted by atomic mass is 16.6. The first kappa shape index (κ1) is 18.0. The first-order chi connectivity index (χ1) is 12.4. The molecule has 0 unspecified atom stereocenters. The summed E-state index contributed by atoms with van der Waals surface area (Å²) >= 11 is 0. The number of carbonyl (C=O) groups is 1. The fourth-order valence-electron chi connectivity index (χ4n) is 2.86. The molecule has 0 radical (unpaired) electrons. The van der Waals surface area contributed by atoms with Crippen LogP contribution in [0.2, 0.25) is 0 Å². The van der Waals surface area contributed by atoms with Crippen molar-refractivity contribution in [1.82, 2.24) is 24.5 Å². The quantitative estimate of drug-likeness (QED) is 0.644. The number of hydrogen-bond donors (Lipinski definition) is 2. The van der Waals surface area contributed by atoms with Crippen LogP contribution in [-0.2, 0) is 20.9 Å². The lowest BCUT2D eigenvalue weighted by molar-refractivity contribution is -0.146. The van der Waals surface area contributed by atoms with Crippen molar-refractivity contribution in [2.75, 3.05) is 6.61 Å². The Morgan fingerprint density at radius 3 is 2.88 bits per heavy atom. The van der Waals surface area contributed by atoms with Crippen molar-refractivity contribution in [2.24, 2.45) is 0 Å². The van der Waals surface area contributed by atoms with Crippen molar-refractivity contribution in [1.29, 1.82) is 0 Å². The molecule has 0 saturated carbocycles. The first-order valence-corrected chi connectivity index (χ1v) is 8.01. The summed E-state index contributed by atoms with van der Waals surface area (Å²) in [4.78, 5) is 37.1. The number of nitrogens with one attached hydrogen (secondary N) is 1. The van der Waals surface area contributed by atoms with Crippen molar-refractivity contribution in [3.8, 4) is 0 Å². The van der Waals surface area contributed by atoms with Crippen molar-refractivity contribution in [3.05, 3.63) is 44.5 Å². The molecule has 3 atom stereocenters. The highest BCUT2D eigenvalue weighted by molar-refractivity contribution is 5.65. The van der Waals surface area contributed by atoms with Crippen molar-refractivity contribution >= 4 is 5.97 Å².